The molecule has 0 aromatic carbocycles. The van der Waals surface area contributed by atoms with E-state index in [0.717, 1.165) is 6.42 Å². The zero-order valence-corrected chi connectivity index (χ0v) is 7.39. The first kappa shape index (κ1) is 7.69. The van der Waals surface area contributed by atoms with E-state index in [2.05, 4.69) is 18.4 Å². The summed E-state index contributed by atoms with van der Waals surface area (Å²) in [5.74, 6) is 0. The molecule has 0 aliphatic rings. The average Bonchev–Trinajstić information content (AvgIpc) is 2.15. The molecule has 2 N–H and O–H groups in total. The van der Waals surface area contributed by atoms with Crippen LogP contribution in [-0.2, 0) is 6.42 Å². The lowest BCUT2D eigenvalue weighted by molar-refractivity contribution is 1.34. The number of nitrogens with two attached hydrogens (primary N) is 1. The van der Waals surface area contributed by atoms with Gasteiger partial charge in [0, 0.05) is 11.3 Å². The molecular formula is C7H9NS2. The zero-order chi connectivity index (χ0) is 7.56. The van der Waals surface area contributed by atoms with E-state index in [-0.39, 0.29) is 0 Å². The molecule has 54 valence electrons. The van der Waals surface area contributed by atoms with Crippen molar-refractivity contribution in [3.05, 3.63) is 21.9 Å². The van der Waals surface area contributed by atoms with Gasteiger partial charge in [0.15, 0.2) is 0 Å². The molecule has 0 aliphatic heterocycles. The number of thiophene rings is 1. The fourth-order valence-corrected chi connectivity index (χ4v) is 1.91. The maximum atomic E-state index is 5.39. The molecule has 0 atom stereocenters. The van der Waals surface area contributed by atoms with Gasteiger partial charge in [0.05, 0.1) is 4.99 Å². The summed E-state index contributed by atoms with van der Waals surface area (Å²) in [7, 11) is 0. The van der Waals surface area contributed by atoms with E-state index in [4.69, 9.17) is 18.0 Å². The predicted molar refractivity (Wildman–Crippen MR) is 49.5 cm³/mol. The number of hydrogen-bond donors (Lipinski definition) is 1. The Hall–Kier alpha value is -0.410. The van der Waals surface area contributed by atoms with Crippen LogP contribution in [0.5, 0.6) is 0 Å². The van der Waals surface area contributed by atoms with Gasteiger partial charge in [-0.25, -0.2) is 0 Å². The second-order valence-electron chi connectivity index (χ2n) is 2.17. The van der Waals surface area contributed by atoms with Gasteiger partial charge in [0.1, 0.15) is 0 Å². The van der Waals surface area contributed by atoms with Crippen molar-refractivity contribution in [1.29, 1.82) is 0 Å². The Balaban J connectivity index is 2.74. The number of hydrogen-bond acceptors (Lipinski definition) is 2. The molecule has 0 radical (unpaired) electrons. The molecule has 0 amide bonds. The molecule has 0 saturated carbocycles. The summed E-state index contributed by atoms with van der Waals surface area (Å²) in [5, 5.41) is 2.06. The molecule has 0 fully saturated rings. The molecule has 10 heavy (non-hydrogen) atoms. The lowest BCUT2D eigenvalue weighted by Crippen LogP contribution is -2.10. The quantitative estimate of drug-likeness (QED) is 0.688. The molecule has 1 rings (SSSR count). The Morgan fingerprint density at radius 1 is 1.80 bits per heavy atom. The highest BCUT2D eigenvalue weighted by molar-refractivity contribution is 7.80. The summed E-state index contributed by atoms with van der Waals surface area (Å²) < 4.78 is 0. The van der Waals surface area contributed by atoms with Gasteiger partial charge >= 0.3 is 0 Å². The van der Waals surface area contributed by atoms with Crippen LogP contribution in [-0.4, -0.2) is 4.99 Å². The highest BCUT2D eigenvalue weighted by Gasteiger charge is 1.99. The van der Waals surface area contributed by atoms with E-state index in [9.17, 15) is 0 Å². The lowest BCUT2D eigenvalue weighted by atomic mass is 10.2. The summed E-state index contributed by atoms with van der Waals surface area (Å²) in [6, 6.07) is 2.08. The zero-order valence-electron chi connectivity index (χ0n) is 5.76. The maximum Gasteiger partial charge on any atom is 0.0780 e. The van der Waals surface area contributed by atoms with E-state index in [0.29, 0.717) is 4.99 Å². The second kappa shape index (κ2) is 3.12. The van der Waals surface area contributed by atoms with Crippen LogP contribution in [0, 0.1) is 6.92 Å². The van der Waals surface area contributed by atoms with Crippen molar-refractivity contribution in [2.45, 2.75) is 13.3 Å². The molecule has 0 saturated heterocycles. The van der Waals surface area contributed by atoms with E-state index in [1.165, 1.54) is 10.4 Å². The maximum absolute atomic E-state index is 5.39. The molecule has 3 heteroatoms. The fraction of sp³-hybridized carbons (Fsp3) is 0.286. The van der Waals surface area contributed by atoms with E-state index < -0.39 is 0 Å². The standard InChI is InChI=1S/C7H9NS2/c1-5-2-3-10-6(5)4-7(8)9/h2-3H,4H2,1H3,(H2,8,9). The van der Waals surface area contributed by atoms with Crippen molar-refractivity contribution in [3.8, 4) is 0 Å². The van der Waals surface area contributed by atoms with Crippen molar-refractivity contribution >= 4 is 28.5 Å². The van der Waals surface area contributed by atoms with Crippen molar-refractivity contribution in [2.75, 3.05) is 0 Å². The minimum absolute atomic E-state index is 0.575. The summed E-state index contributed by atoms with van der Waals surface area (Å²) in [6.07, 6.45) is 0.749. The van der Waals surface area contributed by atoms with Gasteiger partial charge in [-0.2, -0.15) is 0 Å². The highest BCUT2D eigenvalue weighted by Crippen LogP contribution is 2.15. The Morgan fingerprint density at radius 2 is 2.50 bits per heavy atom. The second-order valence-corrected chi connectivity index (χ2v) is 3.69. The van der Waals surface area contributed by atoms with Crippen LogP contribution in [0.4, 0.5) is 0 Å². The number of aryl methyl sites for hydroxylation is 1. The van der Waals surface area contributed by atoms with Crippen LogP contribution in [0.2, 0.25) is 0 Å². The Bertz CT molecular complexity index is 240. The SMILES string of the molecule is Cc1ccsc1CC(N)=S. The molecule has 0 spiro atoms. The van der Waals surface area contributed by atoms with Crippen molar-refractivity contribution < 1.29 is 0 Å². The minimum Gasteiger partial charge on any atom is -0.393 e. The first-order valence-electron chi connectivity index (χ1n) is 3.01. The highest BCUT2D eigenvalue weighted by atomic mass is 32.1. The van der Waals surface area contributed by atoms with Gasteiger partial charge in [0.2, 0.25) is 0 Å². The Labute approximate surface area is 69.9 Å². The first-order chi connectivity index (χ1) is 4.70. The third-order valence-corrected chi connectivity index (χ3v) is 2.47. The smallest absolute Gasteiger partial charge is 0.0780 e. The van der Waals surface area contributed by atoms with Crippen molar-refractivity contribution in [3.63, 3.8) is 0 Å². The van der Waals surface area contributed by atoms with E-state index >= 15 is 0 Å². The average molecular weight is 171 g/mol. The molecule has 1 heterocycles. The van der Waals surface area contributed by atoms with Crippen LogP contribution < -0.4 is 5.73 Å². The number of rotatable bonds is 2. The largest absolute Gasteiger partial charge is 0.393 e. The summed E-state index contributed by atoms with van der Waals surface area (Å²) in [6.45, 7) is 2.07. The molecule has 1 nitrogen and oxygen atoms in total. The van der Waals surface area contributed by atoms with Crippen LogP contribution in [0.1, 0.15) is 10.4 Å². The monoisotopic (exact) mass is 171 g/mol. The van der Waals surface area contributed by atoms with Gasteiger partial charge in [-0.15, -0.1) is 11.3 Å². The van der Waals surface area contributed by atoms with Crippen molar-refractivity contribution in [2.24, 2.45) is 5.73 Å². The summed E-state index contributed by atoms with van der Waals surface area (Å²) >= 11 is 6.50. The first-order valence-corrected chi connectivity index (χ1v) is 4.30. The van der Waals surface area contributed by atoms with Gasteiger partial charge in [-0.3, -0.25) is 0 Å². The summed E-state index contributed by atoms with van der Waals surface area (Å²) in [4.78, 5) is 1.86. The Kier molecular flexibility index (Phi) is 2.40. The normalized spacial score (nSPS) is 9.70. The predicted octanol–water partition coefficient (Wildman–Crippen LogP) is 1.89. The topological polar surface area (TPSA) is 26.0 Å². The fourth-order valence-electron chi connectivity index (χ4n) is 0.743. The van der Waals surface area contributed by atoms with Gasteiger partial charge in [-0.1, -0.05) is 12.2 Å². The van der Waals surface area contributed by atoms with Crippen LogP contribution >= 0.6 is 23.6 Å². The van der Waals surface area contributed by atoms with Gasteiger partial charge in [-0.05, 0) is 23.9 Å². The number of thiocarbonyl (C=S) groups is 1. The summed E-state index contributed by atoms with van der Waals surface area (Å²) in [5.41, 5.74) is 6.68. The molecule has 0 bridgehead atoms. The Morgan fingerprint density at radius 3 is 2.90 bits per heavy atom. The van der Waals surface area contributed by atoms with Crippen LogP contribution in [0.15, 0.2) is 11.4 Å². The van der Waals surface area contributed by atoms with E-state index in [1.54, 1.807) is 11.3 Å². The lowest BCUT2D eigenvalue weighted by Gasteiger charge is -1.94. The molecule has 1 aromatic heterocycles. The molecule has 1 aromatic rings. The third kappa shape index (κ3) is 1.78. The molecule has 0 aliphatic carbocycles. The van der Waals surface area contributed by atoms with Crippen LogP contribution in [0.25, 0.3) is 0 Å². The van der Waals surface area contributed by atoms with Crippen LogP contribution in [0.3, 0.4) is 0 Å². The van der Waals surface area contributed by atoms with Gasteiger partial charge in [0.25, 0.3) is 0 Å². The molecule has 0 unspecified atom stereocenters. The minimum atomic E-state index is 0.575. The van der Waals surface area contributed by atoms with E-state index in [1.807, 2.05) is 0 Å². The third-order valence-electron chi connectivity index (χ3n) is 1.30. The molecular weight excluding hydrogens is 162 g/mol. The van der Waals surface area contributed by atoms with Gasteiger partial charge < -0.3 is 5.73 Å². The van der Waals surface area contributed by atoms with Crippen molar-refractivity contribution in [1.82, 2.24) is 0 Å².